The number of nitrogens with zero attached hydrogens (tertiary/aromatic N) is 3. The first-order valence-corrected chi connectivity index (χ1v) is 14.3. The van der Waals surface area contributed by atoms with Crippen molar-refractivity contribution in [2.24, 2.45) is 0 Å². The van der Waals surface area contributed by atoms with Crippen molar-refractivity contribution < 1.29 is 0 Å². The van der Waals surface area contributed by atoms with Gasteiger partial charge < -0.3 is 4.57 Å². The van der Waals surface area contributed by atoms with Gasteiger partial charge in [-0.15, -0.1) is 0 Å². The van der Waals surface area contributed by atoms with Crippen LogP contribution in [0.25, 0.3) is 77.3 Å². The van der Waals surface area contributed by atoms with E-state index in [1.165, 1.54) is 43.9 Å². The molecule has 196 valence electrons. The Morgan fingerprint density at radius 1 is 0.429 bits per heavy atom. The highest BCUT2D eigenvalue weighted by Crippen LogP contribution is 2.35. The molecule has 3 aromatic heterocycles. The maximum absolute atomic E-state index is 5.13. The first kappa shape index (κ1) is 23.1. The second kappa shape index (κ2) is 8.92. The zero-order chi connectivity index (χ0) is 27.6. The largest absolute Gasteiger partial charge is 0.309 e. The number of hydrogen-bond donors (Lipinski definition) is 0. The summed E-state index contributed by atoms with van der Waals surface area (Å²) in [5, 5.41) is 4.90. The predicted octanol–water partition coefficient (Wildman–Crippen LogP) is 10.1. The normalized spacial score (nSPS) is 11.8. The highest BCUT2D eigenvalue weighted by Gasteiger charge is 2.15. The Kier molecular flexibility index (Phi) is 4.90. The Bertz CT molecular complexity index is 2390. The van der Waals surface area contributed by atoms with Crippen LogP contribution in [0.5, 0.6) is 0 Å². The summed E-state index contributed by atoms with van der Waals surface area (Å²) in [6.45, 7) is 0. The SMILES string of the molecule is c1ccc(-c2cc3ccccc3c3nc4ccc(-c5ccc(-n6c7ccccc7c7ccccc76)cc5)cc4n23)cc1. The molecule has 0 radical (unpaired) electrons. The van der Waals surface area contributed by atoms with Crippen LogP contribution >= 0.6 is 0 Å². The molecule has 9 rings (SSSR count). The van der Waals surface area contributed by atoms with Crippen LogP contribution in [0.2, 0.25) is 0 Å². The lowest BCUT2D eigenvalue weighted by Crippen LogP contribution is -1.94. The minimum absolute atomic E-state index is 0.987. The number of pyridine rings is 1. The Hall–Kier alpha value is -5.67. The van der Waals surface area contributed by atoms with E-state index in [9.17, 15) is 0 Å². The van der Waals surface area contributed by atoms with E-state index >= 15 is 0 Å². The topological polar surface area (TPSA) is 22.2 Å². The number of imidazole rings is 1. The first-order chi connectivity index (χ1) is 20.8. The fourth-order valence-corrected chi connectivity index (χ4v) is 6.54. The van der Waals surface area contributed by atoms with Gasteiger partial charge in [0.15, 0.2) is 0 Å². The summed E-state index contributed by atoms with van der Waals surface area (Å²) in [6, 6.07) is 54.3. The third kappa shape index (κ3) is 3.37. The smallest absolute Gasteiger partial charge is 0.146 e. The van der Waals surface area contributed by atoms with Crippen LogP contribution in [-0.2, 0) is 0 Å². The van der Waals surface area contributed by atoms with E-state index in [2.05, 4.69) is 161 Å². The molecule has 0 bridgehead atoms. The minimum atomic E-state index is 0.987. The van der Waals surface area contributed by atoms with E-state index in [4.69, 9.17) is 4.98 Å². The number of hydrogen-bond acceptors (Lipinski definition) is 1. The summed E-state index contributed by atoms with van der Waals surface area (Å²) in [5.74, 6) is 0. The predicted molar refractivity (Wildman–Crippen MR) is 175 cm³/mol. The van der Waals surface area contributed by atoms with Crippen LogP contribution in [-0.4, -0.2) is 14.0 Å². The number of benzene rings is 6. The molecule has 0 aliphatic heterocycles. The maximum Gasteiger partial charge on any atom is 0.146 e. The van der Waals surface area contributed by atoms with Gasteiger partial charge in [0.1, 0.15) is 5.65 Å². The summed E-state index contributed by atoms with van der Waals surface area (Å²) in [5.41, 5.74) is 11.4. The van der Waals surface area contributed by atoms with Crippen molar-refractivity contribution in [3.63, 3.8) is 0 Å². The van der Waals surface area contributed by atoms with Gasteiger partial charge in [0, 0.05) is 21.8 Å². The molecule has 3 nitrogen and oxygen atoms in total. The van der Waals surface area contributed by atoms with Crippen LogP contribution in [0, 0.1) is 0 Å². The molecule has 0 aliphatic carbocycles. The molecule has 0 N–H and O–H groups in total. The van der Waals surface area contributed by atoms with Gasteiger partial charge in [0.25, 0.3) is 0 Å². The number of para-hydroxylation sites is 2. The number of fused-ring (bicyclic) bond motifs is 8. The van der Waals surface area contributed by atoms with Crippen LogP contribution in [0.15, 0.2) is 152 Å². The van der Waals surface area contributed by atoms with E-state index in [0.717, 1.165) is 33.4 Å². The van der Waals surface area contributed by atoms with Crippen LogP contribution < -0.4 is 0 Å². The fraction of sp³-hybridized carbons (Fsp3) is 0. The molecule has 3 heteroatoms. The summed E-state index contributed by atoms with van der Waals surface area (Å²) < 4.78 is 4.68. The van der Waals surface area contributed by atoms with Crippen LogP contribution in [0.4, 0.5) is 0 Å². The molecule has 0 amide bonds. The third-order valence-corrected chi connectivity index (χ3v) is 8.50. The zero-order valence-corrected chi connectivity index (χ0v) is 22.8. The second-order valence-electron chi connectivity index (χ2n) is 10.9. The first-order valence-electron chi connectivity index (χ1n) is 14.3. The van der Waals surface area contributed by atoms with Crippen molar-refractivity contribution in [3.8, 4) is 28.1 Å². The Balaban J connectivity index is 1.23. The summed E-state index contributed by atoms with van der Waals surface area (Å²) >= 11 is 0. The molecular formula is C39H25N3. The van der Waals surface area contributed by atoms with Crippen molar-refractivity contribution >= 4 is 49.3 Å². The van der Waals surface area contributed by atoms with Crippen molar-refractivity contribution in [1.82, 2.24) is 14.0 Å². The average molecular weight is 536 g/mol. The molecule has 3 heterocycles. The molecule has 0 saturated heterocycles. The van der Waals surface area contributed by atoms with Gasteiger partial charge in [-0.05, 0) is 64.5 Å². The summed E-state index contributed by atoms with van der Waals surface area (Å²) in [4.78, 5) is 5.13. The summed E-state index contributed by atoms with van der Waals surface area (Å²) in [7, 11) is 0. The minimum Gasteiger partial charge on any atom is -0.309 e. The lowest BCUT2D eigenvalue weighted by atomic mass is 10.0. The lowest BCUT2D eigenvalue weighted by molar-refractivity contribution is 1.18. The van der Waals surface area contributed by atoms with E-state index in [1.807, 2.05) is 0 Å². The van der Waals surface area contributed by atoms with Gasteiger partial charge in [-0.1, -0.05) is 109 Å². The third-order valence-electron chi connectivity index (χ3n) is 8.50. The van der Waals surface area contributed by atoms with E-state index in [-0.39, 0.29) is 0 Å². The van der Waals surface area contributed by atoms with Crippen LogP contribution in [0.3, 0.4) is 0 Å². The van der Waals surface area contributed by atoms with Crippen molar-refractivity contribution in [3.05, 3.63) is 152 Å². The molecule has 9 aromatic rings. The monoisotopic (exact) mass is 535 g/mol. The quantitative estimate of drug-likeness (QED) is 0.221. The van der Waals surface area contributed by atoms with Crippen LogP contribution in [0.1, 0.15) is 0 Å². The number of aromatic nitrogens is 3. The van der Waals surface area contributed by atoms with Gasteiger partial charge in [-0.25, -0.2) is 4.98 Å². The molecule has 0 unspecified atom stereocenters. The van der Waals surface area contributed by atoms with Crippen molar-refractivity contribution in [2.75, 3.05) is 0 Å². The second-order valence-corrected chi connectivity index (χ2v) is 10.9. The van der Waals surface area contributed by atoms with E-state index < -0.39 is 0 Å². The molecule has 0 aliphatic rings. The van der Waals surface area contributed by atoms with Gasteiger partial charge in [0.05, 0.1) is 27.8 Å². The molecular weight excluding hydrogens is 510 g/mol. The molecule has 0 spiro atoms. The zero-order valence-electron chi connectivity index (χ0n) is 22.8. The number of rotatable bonds is 3. The molecule has 42 heavy (non-hydrogen) atoms. The highest BCUT2D eigenvalue weighted by molar-refractivity contribution is 6.09. The van der Waals surface area contributed by atoms with E-state index in [1.54, 1.807) is 0 Å². The fourth-order valence-electron chi connectivity index (χ4n) is 6.54. The van der Waals surface area contributed by atoms with Gasteiger partial charge in [-0.3, -0.25) is 4.40 Å². The van der Waals surface area contributed by atoms with Gasteiger partial charge in [-0.2, -0.15) is 0 Å². The molecule has 6 aromatic carbocycles. The Morgan fingerprint density at radius 2 is 1.05 bits per heavy atom. The average Bonchev–Trinajstić information content (AvgIpc) is 3.61. The van der Waals surface area contributed by atoms with Crippen molar-refractivity contribution in [1.29, 1.82) is 0 Å². The molecule has 0 saturated carbocycles. The van der Waals surface area contributed by atoms with Gasteiger partial charge >= 0.3 is 0 Å². The molecule has 0 fully saturated rings. The highest BCUT2D eigenvalue weighted by atomic mass is 15.0. The molecule has 0 atom stereocenters. The standard InChI is InChI=1S/C39H25N3/c1-2-10-27(11-3-1)37-25-29-12-4-5-13-31(29)39-40-34-23-20-28(24-38(34)42(37)39)26-18-21-30(22-19-26)41-35-16-8-6-14-32(35)33-15-7-9-17-36(33)41/h1-25H. The Labute approximate surface area is 242 Å². The lowest BCUT2D eigenvalue weighted by Gasteiger charge is -2.11. The maximum atomic E-state index is 5.13. The van der Waals surface area contributed by atoms with E-state index in [0.29, 0.717) is 0 Å². The van der Waals surface area contributed by atoms with Gasteiger partial charge in [0.2, 0.25) is 0 Å². The van der Waals surface area contributed by atoms with Crippen molar-refractivity contribution in [2.45, 2.75) is 0 Å². The Morgan fingerprint density at radius 3 is 1.79 bits per heavy atom. The summed E-state index contributed by atoms with van der Waals surface area (Å²) in [6.07, 6.45) is 0.